The second kappa shape index (κ2) is 6.47. The highest BCUT2D eigenvalue weighted by atomic mass is 16.5. The third kappa shape index (κ3) is 4.24. The average molecular weight is 239 g/mol. The summed E-state index contributed by atoms with van der Waals surface area (Å²) in [4.78, 5) is 0. The van der Waals surface area contributed by atoms with Crippen LogP contribution in [0.15, 0.2) is 18.2 Å². The minimum absolute atomic E-state index is 0.0320. The number of benzene rings is 1. The van der Waals surface area contributed by atoms with Crippen LogP contribution in [-0.4, -0.2) is 24.9 Å². The van der Waals surface area contributed by atoms with Gasteiger partial charge < -0.3 is 20.3 Å². The maximum atomic E-state index is 9.15. The van der Waals surface area contributed by atoms with Gasteiger partial charge in [-0.25, -0.2) is 0 Å². The van der Waals surface area contributed by atoms with E-state index in [0.29, 0.717) is 24.5 Å². The summed E-state index contributed by atoms with van der Waals surface area (Å²) in [6.45, 7) is 4.12. The van der Waals surface area contributed by atoms with E-state index in [2.05, 4.69) is 0 Å². The maximum absolute atomic E-state index is 9.15. The highest BCUT2D eigenvalue weighted by molar-refractivity contribution is 5.43. The Hall–Kier alpha value is -1.26. The van der Waals surface area contributed by atoms with E-state index < -0.39 is 0 Å². The van der Waals surface area contributed by atoms with Gasteiger partial charge in [0.15, 0.2) is 11.5 Å². The van der Waals surface area contributed by atoms with Crippen molar-refractivity contribution in [1.29, 1.82) is 0 Å². The van der Waals surface area contributed by atoms with E-state index in [1.807, 2.05) is 25.1 Å². The van der Waals surface area contributed by atoms with Gasteiger partial charge in [-0.3, -0.25) is 0 Å². The Balaban J connectivity index is 2.71. The number of methoxy groups -OCH3 is 1. The molecule has 1 aromatic rings. The Morgan fingerprint density at radius 2 is 2.00 bits per heavy atom. The fourth-order valence-electron chi connectivity index (χ4n) is 1.43. The quantitative estimate of drug-likeness (QED) is 0.795. The summed E-state index contributed by atoms with van der Waals surface area (Å²) in [6.07, 6.45) is 0.238. The van der Waals surface area contributed by atoms with Gasteiger partial charge in [0.1, 0.15) is 0 Å². The van der Waals surface area contributed by atoms with Gasteiger partial charge >= 0.3 is 0 Å². The molecule has 17 heavy (non-hydrogen) atoms. The Labute approximate surface area is 102 Å². The fraction of sp³-hybridized carbons (Fsp3) is 0.538. The molecule has 96 valence electrons. The lowest BCUT2D eigenvalue weighted by atomic mass is 10.1. The molecular formula is C13H21NO3. The van der Waals surface area contributed by atoms with E-state index in [0.717, 1.165) is 5.56 Å². The second-order valence-corrected chi connectivity index (χ2v) is 4.19. The molecule has 0 spiro atoms. The number of hydrogen-bond acceptors (Lipinski definition) is 4. The molecule has 0 aliphatic rings. The maximum Gasteiger partial charge on any atom is 0.161 e. The molecule has 0 fully saturated rings. The van der Waals surface area contributed by atoms with Gasteiger partial charge in [-0.2, -0.15) is 0 Å². The Kier molecular flexibility index (Phi) is 5.25. The molecule has 0 aliphatic carbocycles. The summed E-state index contributed by atoms with van der Waals surface area (Å²) in [6, 6.07) is 5.61. The Morgan fingerprint density at radius 1 is 1.29 bits per heavy atom. The number of rotatable bonds is 6. The Morgan fingerprint density at radius 3 is 2.53 bits per heavy atom. The van der Waals surface area contributed by atoms with E-state index in [1.54, 1.807) is 14.0 Å². The molecule has 0 aliphatic heterocycles. The standard InChI is InChI=1S/C13H21NO3/c1-9(15)6-7-17-12-5-4-11(10(2)14)8-13(12)16-3/h4-5,8-10,15H,6-7,14H2,1-3H3/t9?,10-/m1/s1. The minimum atomic E-state index is -0.357. The van der Waals surface area contributed by atoms with Crippen LogP contribution in [0, 0.1) is 0 Å². The van der Waals surface area contributed by atoms with E-state index in [1.165, 1.54) is 0 Å². The number of aliphatic hydroxyl groups excluding tert-OH is 1. The predicted octanol–water partition coefficient (Wildman–Crippen LogP) is 1.86. The van der Waals surface area contributed by atoms with Crippen molar-refractivity contribution in [2.45, 2.75) is 32.4 Å². The Bertz CT molecular complexity index is 351. The summed E-state index contributed by atoms with van der Waals surface area (Å²) in [7, 11) is 1.60. The molecule has 0 aromatic heterocycles. The van der Waals surface area contributed by atoms with Crippen molar-refractivity contribution >= 4 is 0 Å². The molecule has 1 unspecified atom stereocenters. The molecule has 0 amide bonds. The first-order valence-corrected chi connectivity index (χ1v) is 5.79. The summed E-state index contributed by atoms with van der Waals surface area (Å²) >= 11 is 0. The van der Waals surface area contributed by atoms with E-state index >= 15 is 0 Å². The third-order valence-corrected chi connectivity index (χ3v) is 2.51. The van der Waals surface area contributed by atoms with E-state index in [-0.39, 0.29) is 12.1 Å². The molecule has 4 nitrogen and oxygen atoms in total. The third-order valence-electron chi connectivity index (χ3n) is 2.51. The van der Waals surface area contributed by atoms with Gasteiger partial charge in [0.25, 0.3) is 0 Å². The predicted molar refractivity (Wildman–Crippen MR) is 67.4 cm³/mol. The van der Waals surface area contributed by atoms with Crippen molar-refractivity contribution in [2.24, 2.45) is 5.73 Å². The van der Waals surface area contributed by atoms with Crippen LogP contribution in [0.3, 0.4) is 0 Å². The average Bonchev–Trinajstić information content (AvgIpc) is 2.28. The minimum Gasteiger partial charge on any atom is -0.493 e. The summed E-state index contributed by atoms with van der Waals surface area (Å²) in [5.41, 5.74) is 6.80. The van der Waals surface area contributed by atoms with Crippen LogP contribution in [0.25, 0.3) is 0 Å². The van der Waals surface area contributed by atoms with Crippen molar-refractivity contribution < 1.29 is 14.6 Å². The lowest BCUT2D eigenvalue weighted by Crippen LogP contribution is -2.09. The lowest BCUT2D eigenvalue weighted by Gasteiger charge is -2.14. The molecule has 2 atom stereocenters. The van der Waals surface area contributed by atoms with Crippen LogP contribution < -0.4 is 15.2 Å². The van der Waals surface area contributed by atoms with Gasteiger partial charge in [-0.15, -0.1) is 0 Å². The van der Waals surface area contributed by atoms with Crippen LogP contribution in [0.1, 0.15) is 31.9 Å². The molecule has 0 bridgehead atoms. The number of nitrogens with two attached hydrogens (primary N) is 1. The smallest absolute Gasteiger partial charge is 0.161 e. The summed E-state index contributed by atoms with van der Waals surface area (Å²) in [5.74, 6) is 1.35. The molecule has 0 saturated carbocycles. The van der Waals surface area contributed by atoms with Crippen molar-refractivity contribution in [3.63, 3.8) is 0 Å². The zero-order valence-corrected chi connectivity index (χ0v) is 10.6. The van der Waals surface area contributed by atoms with Crippen LogP contribution in [0.4, 0.5) is 0 Å². The van der Waals surface area contributed by atoms with Gasteiger partial charge in [0, 0.05) is 12.5 Å². The zero-order chi connectivity index (χ0) is 12.8. The molecule has 0 radical (unpaired) electrons. The van der Waals surface area contributed by atoms with E-state index in [9.17, 15) is 0 Å². The van der Waals surface area contributed by atoms with Crippen molar-refractivity contribution in [2.75, 3.05) is 13.7 Å². The largest absolute Gasteiger partial charge is 0.493 e. The van der Waals surface area contributed by atoms with Crippen LogP contribution in [0.2, 0.25) is 0 Å². The van der Waals surface area contributed by atoms with Crippen molar-refractivity contribution in [3.05, 3.63) is 23.8 Å². The van der Waals surface area contributed by atoms with Crippen molar-refractivity contribution in [3.8, 4) is 11.5 Å². The number of aliphatic hydroxyl groups is 1. The number of hydrogen-bond donors (Lipinski definition) is 2. The first-order valence-electron chi connectivity index (χ1n) is 5.79. The zero-order valence-electron chi connectivity index (χ0n) is 10.6. The van der Waals surface area contributed by atoms with Crippen LogP contribution >= 0.6 is 0 Å². The summed E-state index contributed by atoms with van der Waals surface area (Å²) < 4.78 is 10.8. The first kappa shape index (κ1) is 13.8. The van der Waals surface area contributed by atoms with Crippen molar-refractivity contribution in [1.82, 2.24) is 0 Å². The molecule has 1 rings (SSSR count). The van der Waals surface area contributed by atoms with E-state index in [4.69, 9.17) is 20.3 Å². The van der Waals surface area contributed by atoms with Gasteiger partial charge in [-0.05, 0) is 31.5 Å². The molecule has 1 aromatic carbocycles. The first-order chi connectivity index (χ1) is 8.04. The highest BCUT2D eigenvalue weighted by Crippen LogP contribution is 2.29. The van der Waals surface area contributed by atoms with Crippen LogP contribution in [-0.2, 0) is 0 Å². The SMILES string of the molecule is COc1cc([C@@H](C)N)ccc1OCCC(C)O. The monoisotopic (exact) mass is 239 g/mol. The molecule has 3 N–H and O–H groups in total. The van der Waals surface area contributed by atoms with Crippen LogP contribution in [0.5, 0.6) is 11.5 Å². The summed E-state index contributed by atoms with van der Waals surface area (Å²) in [5, 5.41) is 9.15. The molecule has 0 saturated heterocycles. The fourth-order valence-corrected chi connectivity index (χ4v) is 1.43. The molecule has 4 heteroatoms. The van der Waals surface area contributed by atoms with Gasteiger partial charge in [0.2, 0.25) is 0 Å². The second-order valence-electron chi connectivity index (χ2n) is 4.19. The number of ether oxygens (including phenoxy) is 2. The topological polar surface area (TPSA) is 64.7 Å². The van der Waals surface area contributed by atoms with Gasteiger partial charge in [0.05, 0.1) is 19.8 Å². The molecular weight excluding hydrogens is 218 g/mol. The molecule has 0 heterocycles. The van der Waals surface area contributed by atoms with Gasteiger partial charge in [-0.1, -0.05) is 6.07 Å². The highest BCUT2D eigenvalue weighted by Gasteiger charge is 2.08. The normalized spacial score (nSPS) is 14.2. The lowest BCUT2D eigenvalue weighted by molar-refractivity contribution is 0.154.